The normalized spacial score (nSPS) is 11.6. The van der Waals surface area contributed by atoms with Crippen molar-refractivity contribution in [1.82, 2.24) is 0 Å². The van der Waals surface area contributed by atoms with Gasteiger partial charge in [-0.1, -0.05) is 121 Å². The maximum Gasteiger partial charge on any atom is 0.137 e. The van der Waals surface area contributed by atoms with Crippen LogP contribution in [0.25, 0.3) is 65.4 Å². The van der Waals surface area contributed by atoms with Crippen molar-refractivity contribution >= 4 is 71.3 Å². The molecule has 0 amide bonds. The van der Waals surface area contributed by atoms with Gasteiger partial charge in [0.15, 0.2) is 0 Å². The third-order valence-electron chi connectivity index (χ3n) is 8.82. The molecule has 0 aliphatic rings. The van der Waals surface area contributed by atoms with Gasteiger partial charge in [0.05, 0.1) is 5.69 Å². The topological polar surface area (TPSA) is 16.4 Å². The van der Waals surface area contributed by atoms with Gasteiger partial charge in [0.25, 0.3) is 0 Å². The van der Waals surface area contributed by atoms with E-state index in [1.54, 1.807) is 0 Å². The van der Waals surface area contributed by atoms with Crippen LogP contribution in [0.5, 0.6) is 0 Å². The highest BCUT2D eigenvalue weighted by Crippen LogP contribution is 2.45. The van der Waals surface area contributed by atoms with Crippen molar-refractivity contribution in [3.8, 4) is 11.1 Å². The molecule has 0 bridgehead atoms. The monoisotopic (exact) mass is 561 g/mol. The summed E-state index contributed by atoms with van der Waals surface area (Å²) in [7, 11) is 0. The molecular formula is C42H27NO. The third-order valence-corrected chi connectivity index (χ3v) is 8.82. The molecule has 0 aliphatic heterocycles. The highest BCUT2D eigenvalue weighted by atomic mass is 16.3. The summed E-state index contributed by atoms with van der Waals surface area (Å²) in [5, 5.41) is 9.71. The molecule has 9 rings (SSSR count). The molecule has 9 aromatic rings. The Kier molecular flexibility index (Phi) is 5.54. The Balaban J connectivity index is 1.34. The zero-order valence-corrected chi connectivity index (χ0v) is 23.9. The number of para-hydroxylation sites is 1. The number of hydrogen-bond donors (Lipinski definition) is 0. The van der Waals surface area contributed by atoms with Crippen LogP contribution in [0.15, 0.2) is 168 Å². The Morgan fingerprint density at radius 2 is 0.955 bits per heavy atom. The molecule has 206 valence electrons. The quantitative estimate of drug-likeness (QED) is 0.199. The van der Waals surface area contributed by atoms with E-state index in [9.17, 15) is 0 Å². The molecule has 2 heteroatoms. The summed E-state index contributed by atoms with van der Waals surface area (Å²) in [5.41, 5.74) is 7.45. The molecule has 44 heavy (non-hydrogen) atoms. The molecule has 0 radical (unpaired) electrons. The molecule has 0 N–H and O–H groups in total. The van der Waals surface area contributed by atoms with Crippen molar-refractivity contribution in [1.29, 1.82) is 0 Å². The molecule has 0 fully saturated rings. The van der Waals surface area contributed by atoms with E-state index in [-0.39, 0.29) is 0 Å². The second-order valence-electron chi connectivity index (χ2n) is 11.4. The number of rotatable bonds is 4. The fourth-order valence-corrected chi connectivity index (χ4v) is 6.75. The average molecular weight is 562 g/mol. The highest BCUT2D eigenvalue weighted by molar-refractivity contribution is 6.24. The van der Waals surface area contributed by atoms with Crippen molar-refractivity contribution in [3.05, 3.63) is 164 Å². The van der Waals surface area contributed by atoms with E-state index in [4.69, 9.17) is 4.42 Å². The van der Waals surface area contributed by atoms with Crippen molar-refractivity contribution in [2.24, 2.45) is 0 Å². The van der Waals surface area contributed by atoms with Gasteiger partial charge in [-0.25, -0.2) is 0 Å². The van der Waals surface area contributed by atoms with Gasteiger partial charge >= 0.3 is 0 Å². The minimum absolute atomic E-state index is 0.880. The SMILES string of the molecule is c1ccc(-c2ccc(N(c3ccc4c(c3)oc3ccccc34)c3cc4ccccc4c4c3ccc3ccccc34)cc2)cc1. The van der Waals surface area contributed by atoms with E-state index in [0.717, 1.165) is 39.0 Å². The molecule has 8 aromatic carbocycles. The number of fused-ring (bicyclic) bond motifs is 8. The largest absolute Gasteiger partial charge is 0.456 e. The summed E-state index contributed by atoms with van der Waals surface area (Å²) in [6.45, 7) is 0. The molecule has 2 nitrogen and oxygen atoms in total. The van der Waals surface area contributed by atoms with E-state index < -0.39 is 0 Å². The Morgan fingerprint density at radius 1 is 0.364 bits per heavy atom. The predicted octanol–water partition coefficient (Wildman–Crippen LogP) is 12.2. The molecule has 0 spiro atoms. The number of benzene rings is 8. The van der Waals surface area contributed by atoms with Crippen molar-refractivity contribution in [2.45, 2.75) is 0 Å². The van der Waals surface area contributed by atoms with Gasteiger partial charge in [-0.2, -0.15) is 0 Å². The average Bonchev–Trinajstić information content (AvgIpc) is 3.47. The first kappa shape index (κ1) is 24.7. The number of nitrogens with zero attached hydrogens (tertiary/aromatic N) is 1. The Bertz CT molecular complexity index is 2470. The Morgan fingerprint density at radius 3 is 1.77 bits per heavy atom. The van der Waals surface area contributed by atoms with Gasteiger partial charge in [-0.15, -0.1) is 0 Å². The zero-order chi connectivity index (χ0) is 29.0. The van der Waals surface area contributed by atoms with Crippen LogP contribution in [0, 0.1) is 0 Å². The van der Waals surface area contributed by atoms with Gasteiger partial charge in [-0.05, 0) is 74.5 Å². The predicted molar refractivity (Wildman–Crippen MR) is 186 cm³/mol. The molecule has 0 atom stereocenters. The van der Waals surface area contributed by atoms with E-state index in [1.165, 1.54) is 43.4 Å². The Labute approximate surface area is 255 Å². The third kappa shape index (κ3) is 3.89. The minimum atomic E-state index is 0.880. The highest BCUT2D eigenvalue weighted by Gasteiger charge is 2.20. The van der Waals surface area contributed by atoms with Crippen molar-refractivity contribution < 1.29 is 4.42 Å². The van der Waals surface area contributed by atoms with Crippen LogP contribution in [0.4, 0.5) is 17.1 Å². The van der Waals surface area contributed by atoms with Gasteiger partial charge in [-0.3, -0.25) is 0 Å². The molecule has 0 saturated carbocycles. The van der Waals surface area contributed by atoms with E-state index in [1.807, 2.05) is 12.1 Å². The first-order chi connectivity index (χ1) is 21.8. The first-order valence-corrected chi connectivity index (χ1v) is 15.0. The van der Waals surface area contributed by atoms with Crippen LogP contribution in [0.2, 0.25) is 0 Å². The van der Waals surface area contributed by atoms with Crippen molar-refractivity contribution in [3.63, 3.8) is 0 Å². The summed E-state index contributed by atoms with van der Waals surface area (Å²) in [4.78, 5) is 2.38. The van der Waals surface area contributed by atoms with Gasteiger partial charge in [0, 0.05) is 33.6 Å². The summed E-state index contributed by atoms with van der Waals surface area (Å²) >= 11 is 0. The lowest BCUT2D eigenvalue weighted by Gasteiger charge is -2.28. The van der Waals surface area contributed by atoms with Crippen LogP contribution in [-0.2, 0) is 0 Å². The molecule has 0 saturated heterocycles. The van der Waals surface area contributed by atoms with E-state index in [2.05, 4.69) is 157 Å². The Hall–Kier alpha value is -5.86. The lowest BCUT2D eigenvalue weighted by Crippen LogP contribution is -2.10. The van der Waals surface area contributed by atoms with Gasteiger partial charge in [0.2, 0.25) is 0 Å². The second-order valence-corrected chi connectivity index (χ2v) is 11.4. The van der Waals surface area contributed by atoms with Crippen LogP contribution >= 0.6 is 0 Å². The zero-order valence-electron chi connectivity index (χ0n) is 23.9. The fourth-order valence-electron chi connectivity index (χ4n) is 6.75. The van der Waals surface area contributed by atoms with Crippen molar-refractivity contribution in [2.75, 3.05) is 4.90 Å². The van der Waals surface area contributed by atoms with Crippen LogP contribution in [0.1, 0.15) is 0 Å². The molecule has 1 heterocycles. The minimum Gasteiger partial charge on any atom is -0.456 e. The number of hydrogen-bond acceptors (Lipinski definition) is 2. The first-order valence-electron chi connectivity index (χ1n) is 15.0. The maximum atomic E-state index is 6.38. The smallest absolute Gasteiger partial charge is 0.137 e. The number of anilines is 3. The summed E-state index contributed by atoms with van der Waals surface area (Å²) in [6.07, 6.45) is 0. The molecule has 0 aliphatic carbocycles. The fraction of sp³-hybridized carbons (Fsp3) is 0. The lowest BCUT2D eigenvalue weighted by molar-refractivity contribution is 0.669. The van der Waals surface area contributed by atoms with E-state index in [0.29, 0.717) is 0 Å². The summed E-state index contributed by atoms with van der Waals surface area (Å²) in [6, 6.07) is 58.6. The summed E-state index contributed by atoms with van der Waals surface area (Å²) in [5.74, 6) is 0. The molecule has 0 unspecified atom stereocenters. The van der Waals surface area contributed by atoms with Gasteiger partial charge in [0.1, 0.15) is 11.2 Å². The summed E-state index contributed by atoms with van der Waals surface area (Å²) < 4.78 is 6.38. The second kappa shape index (κ2) is 9.86. The maximum absolute atomic E-state index is 6.38. The van der Waals surface area contributed by atoms with Gasteiger partial charge < -0.3 is 9.32 Å². The van der Waals surface area contributed by atoms with Crippen LogP contribution < -0.4 is 4.90 Å². The van der Waals surface area contributed by atoms with E-state index >= 15 is 0 Å². The lowest BCUT2D eigenvalue weighted by atomic mass is 9.94. The standard InChI is InChI=1S/C42H27NO/c1-2-10-28(11-3-1)29-18-21-32(22-19-29)43(33-23-25-37-36-16-8-9-17-40(36)44-41(37)27-33)39-26-31-13-5-7-15-35(31)42-34-14-6-4-12-30(34)20-24-38(39)42/h1-27H. The number of furan rings is 1. The van der Waals surface area contributed by atoms with Crippen LogP contribution in [-0.4, -0.2) is 0 Å². The molecular weight excluding hydrogens is 534 g/mol. The molecule has 1 aromatic heterocycles. The van der Waals surface area contributed by atoms with Crippen LogP contribution in [0.3, 0.4) is 0 Å².